The molecule has 1 atom stereocenters. The monoisotopic (exact) mass is 205 g/mol. The van der Waals surface area contributed by atoms with Crippen LogP contribution in [-0.2, 0) is 6.42 Å². The maximum Gasteiger partial charge on any atom is 0.109 e. The molecular formula is C13H19NO. The second-order valence-corrected chi connectivity index (χ2v) is 5.32. The van der Waals surface area contributed by atoms with Crippen LogP contribution in [0.3, 0.4) is 0 Å². The first-order valence-corrected chi connectivity index (χ1v) is 6.04. The van der Waals surface area contributed by atoms with Gasteiger partial charge in [0.15, 0.2) is 0 Å². The lowest BCUT2D eigenvalue weighted by molar-refractivity contribution is 0.239. The molecule has 0 spiro atoms. The molecule has 1 aliphatic heterocycles. The van der Waals surface area contributed by atoms with E-state index in [1.807, 2.05) is 6.26 Å². The first-order chi connectivity index (χ1) is 7.24. The fraction of sp³-hybridized carbons (Fsp3) is 0.692. The van der Waals surface area contributed by atoms with Crippen LogP contribution in [0.2, 0.25) is 0 Å². The van der Waals surface area contributed by atoms with Crippen molar-refractivity contribution >= 4 is 0 Å². The summed E-state index contributed by atoms with van der Waals surface area (Å²) >= 11 is 0. The van der Waals surface area contributed by atoms with Crippen LogP contribution in [0, 0.1) is 11.3 Å². The minimum Gasteiger partial charge on any atom is -0.469 e. The average Bonchev–Trinajstić information content (AvgIpc) is 2.89. The Hall–Kier alpha value is -0.760. The van der Waals surface area contributed by atoms with Crippen LogP contribution in [0.25, 0.3) is 0 Å². The summed E-state index contributed by atoms with van der Waals surface area (Å²) in [6, 6.07) is 2.70. The van der Waals surface area contributed by atoms with Crippen molar-refractivity contribution in [1.29, 1.82) is 0 Å². The smallest absolute Gasteiger partial charge is 0.109 e. The van der Waals surface area contributed by atoms with E-state index in [0.717, 1.165) is 18.9 Å². The molecule has 1 aliphatic carbocycles. The first kappa shape index (κ1) is 9.46. The molecule has 82 valence electrons. The molecule has 0 radical (unpaired) electrons. The summed E-state index contributed by atoms with van der Waals surface area (Å²) < 4.78 is 5.55. The van der Waals surface area contributed by atoms with Gasteiger partial charge in [0.1, 0.15) is 5.76 Å². The number of furan rings is 1. The normalized spacial score (nSPS) is 27.8. The maximum atomic E-state index is 5.55. The second-order valence-electron chi connectivity index (χ2n) is 5.32. The molecule has 0 saturated heterocycles. The molecule has 0 bridgehead atoms. The second kappa shape index (κ2) is 3.11. The van der Waals surface area contributed by atoms with Gasteiger partial charge in [-0.3, -0.25) is 0 Å². The van der Waals surface area contributed by atoms with E-state index in [-0.39, 0.29) is 0 Å². The highest BCUT2D eigenvalue weighted by Gasteiger charge is 2.53. The van der Waals surface area contributed by atoms with Gasteiger partial charge in [0, 0.05) is 24.6 Å². The number of fused-ring (bicyclic) bond motifs is 1. The largest absolute Gasteiger partial charge is 0.469 e. The summed E-state index contributed by atoms with van der Waals surface area (Å²) in [5, 5.41) is 3.69. The van der Waals surface area contributed by atoms with Crippen LogP contribution in [0.5, 0.6) is 0 Å². The minimum absolute atomic E-state index is 0.513. The zero-order chi connectivity index (χ0) is 10.5. The van der Waals surface area contributed by atoms with Crippen LogP contribution in [0.15, 0.2) is 16.7 Å². The van der Waals surface area contributed by atoms with Crippen molar-refractivity contribution in [3.05, 3.63) is 23.7 Å². The van der Waals surface area contributed by atoms with Gasteiger partial charge in [-0.2, -0.15) is 0 Å². The standard InChI is InChI=1S/C13H19NO/c1-9(2)13(5-6-13)12-10-4-8-15-11(10)3-7-14-12/h4,8-9,12,14H,3,5-7H2,1-2H3. The van der Waals surface area contributed by atoms with Gasteiger partial charge in [0.2, 0.25) is 0 Å². The number of hydrogen-bond acceptors (Lipinski definition) is 2. The molecule has 0 aromatic carbocycles. The van der Waals surface area contributed by atoms with Crippen LogP contribution in [-0.4, -0.2) is 6.54 Å². The third-order valence-corrected chi connectivity index (χ3v) is 4.34. The molecule has 2 nitrogen and oxygen atoms in total. The Morgan fingerprint density at radius 1 is 1.47 bits per heavy atom. The first-order valence-electron chi connectivity index (χ1n) is 6.04. The molecule has 1 N–H and O–H groups in total. The van der Waals surface area contributed by atoms with Crippen molar-refractivity contribution in [1.82, 2.24) is 5.32 Å². The summed E-state index contributed by atoms with van der Waals surface area (Å²) in [7, 11) is 0. The molecule has 15 heavy (non-hydrogen) atoms. The quantitative estimate of drug-likeness (QED) is 0.803. The fourth-order valence-corrected chi connectivity index (χ4v) is 3.11. The predicted molar refractivity (Wildman–Crippen MR) is 59.7 cm³/mol. The Bertz CT molecular complexity index is 362. The van der Waals surface area contributed by atoms with E-state index in [4.69, 9.17) is 4.42 Å². The molecule has 1 fully saturated rings. The Morgan fingerprint density at radius 3 is 2.93 bits per heavy atom. The van der Waals surface area contributed by atoms with Crippen molar-refractivity contribution in [2.24, 2.45) is 11.3 Å². The van der Waals surface area contributed by atoms with Crippen molar-refractivity contribution in [2.75, 3.05) is 6.54 Å². The highest BCUT2D eigenvalue weighted by Crippen LogP contribution is 2.60. The van der Waals surface area contributed by atoms with E-state index < -0.39 is 0 Å². The molecule has 1 saturated carbocycles. The summed E-state index contributed by atoms with van der Waals surface area (Å²) in [4.78, 5) is 0. The Kier molecular flexibility index (Phi) is 1.96. The van der Waals surface area contributed by atoms with Gasteiger partial charge in [0.25, 0.3) is 0 Å². The van der Waals surface area contributed by atoms with E-state index in [1.54, 1.807) is 0 Å². The van der Waals surface area contributed by atoms with Gasteiger partial charge in [-0.05, 0) is 30.2 Å². The minimum atomic E-state index is 0.513. The Balaban J connectivity index is 1.96. The summed E-state index contributed by atoms with van der Waals surface area (Å²) in [5.74, 6) is 1.97. The van der Waals surface area contributed by atoms with Crippen molar-refractivity contribution < 1.29 is 4.42 Å². The van der Waals surface area contributed by atoms with Crippen LogP contribution < -0.4 is 5.32 Å². The van der Waals surface area contributed by atoms with E-state index >= 15 is 0 Å². The molecule has 3 rings (SSSR count). The van der Waals surface area contributed by atoms with E-state index in [9.17, 15) is 0 Å². The van der Waals surface area contributed by atoms with Crippen molar-refractivity contribution in [2.45, 2.75) is 39.2 Å². The Labute approximate surface area is 91.0 Å². The van der Waals surface area contributed by atoms with Gasteiger partial charge < -0.3 is 9.73 Å². The molecule has 0 amide bonds. The van der Waals surface area contributed by atoms with Crippen LogP contribution in [0.1, 0.15) is 44.1 Å². The van der Waals surface area contributed by atoms with Gasteiger partial charge in [0.05, 0.1) is 6.26 Å². The number of nitrogens with one attached hydrogen (secondary N) is 1. The van der Waals surface area contributed by atoms with Gasteiger partial charge in [-0.25, -0.2) is 0 Å². The Morgan fingerprint density at radius 2 is 2.27 bits per heavy atom. The molecule has 2 heterocycles. The topological polar surface area (TPSA) is 25.2 Å². The molecule has 1 unspecified atom stereocenters. The average molecular weight is 205 g/mol. The summed E-state index contributed by atoms with van der Waals surface area (Å²) in [5.41, 5.74) is 1.94. The third-order valence-electron chi connectivity index (χ3n) is 4.34. The van der Waals surface area contributed by atoms with Crippen molar-refractivity contribution in [3.63, 3.8) is 0 Å². The summed E-state index contributed by atoms with van der Waals surface area (Å²) in [6.07, 6.45) is 5.63. The zero-order valence-electron chi connectivity index (χ0n) is 9.55. The maximum absolute atomic E-state index is 5.55. The number of rotatable bonds is 2. The third kappa shape index (κ3) is 1.27. The molecule has 1 aromatic heterocycles. The van der Waals surface area contributed by atoms with Crippen LogP contribution in [0.4, 0.5) is 0 Å². The van der Waals surface area contributed by atoms with Gasteiger partial charge in [-0.1, -0.05) is 13.8 Å². The molecular weight excluding hydrogens is 186 g/mol. The fourth-order valence-electron chi connectivity index (χ4n) is 3.11. The highest BCUT2D eigenvalue weighted by molar-refractivity contribution is 5.29. The molecule has 2 heteroatoms. The van der Waals surface area contributed by atoms with Crippen LogP contribution >= 0.6 is 0 Å². The lowest BCUT2D eigenvalue weighted by atomic mass is 9.79. The van der Waals surface area contributed by atoms with E-state index in [1.165, 1.54) is 24.2 Å². The summed E-state index contributed by atoms with van der Waals surface area (Å²) in [6.45, 7) is 5.77. The van der Waals surface area contributed by atoms with Crippen molar-refractivity contribution in [3.8, 4) is 0 Å². The predicted octanol–water partition coefficient (Wildman–Crippen LogP) is 2.90. The number of hydrogen-bond donors (Lipinski definition) is 1. The molecule has 2 aliphatic rings. The SMILES string of the molecule is CC(C)C1(C2NCCc3occc32)CC1. The highest BCUT2D eigenvalue weighted by atomic mass is 16.3. The van der Waals surface area contributed by atoms with Gasteiger partial charge in [-0.15, -0.1) is 0 Å². The lowest BCUT2D eigenvalue weighted by Crippen LogP contribution is -2.37. The van der Waals surface area contributed by atoms with E-state index in [2.05, 4.69) is 25.2 Å². The molecule has 1 aromatic rings. The zero-order valence-corrected chi connectivity index (χ0v) is 9.55. The van der Waals surface area contributed by atoms with Gasteiger partial charge >= 0.3 is 0 Å². The lowest BCUT2D eigenvalue weighted by Gasteiger charge is -2.34. The van der Waals surface area contributed by atoms with E-state index in [0.29, 0.717) is 11.5 Å².